The largest absolute Gasteiger partial charge is 0.573 e. The van der Waals surface area contributed by atoms with Crippen molar-refractivity contribution < 1.29 is 27.5 Å². The summed E-state index contributed by atoms with van der Waals surface area (Å²) in [5.74, 6) is -1.48. The summed E-state index contributed by atoms with van der Waals surface area (Å²) in [7, 11) is 0. The molecule has 1 aromatic heterocycles. The number of allylic oxidation sites excluding steroid dienone is 3. The fraction of sp³-hybridized carbons (Fsp3) is 0.333. The molecule has 1 aliphatic heterocycles. The van der Waals surface area contributed by atoms with Crippen molar-refractivity contribution in [2.45, 2.75) is 52.3 Å². The molecule has 1 atom stereocenters. The molecule has 1 aliphatic carbocycles. The van der Waals surface area contributed by atoms with Gasteiger partial charge in [0.05, 0.1) is 0 Å². The summed E-state index contributed by atoms with van der Waals surface area (Å²) >= 11 is 0. The molecule has 1 unspecified atom stereocenters. The van der Waals surface area contributed by atoms with E-state index in [4.69, 9.17) is 0 Å². The first-order valence-corrected chi connectivity index (χ1v) is 12.8. The SMILES string of the molecule is CC1=C(C(=O)NCCc2c[nH]c3ccccc23)C(c2ccc(OC(F)(F)F)cc2)C2=C(CC(C)(C)CC2=O)N1. The highest BCUT2D eigenvalue weighted by Gasteiger charge is 2.42. The Bertz CT molecular complexity index is 1500. The number of carbonyl (C=O) groups is 2. The van der Waals surface area contributed by atoms with Crippen molar-refractivity contribution in [2.24, 2.45) is 5.41 Å². The maximum Gasteiger partial charge on any atom is 0.573 e. The Morgan fingerprint density at radius 2 is 1.82 bits per heavy atom. The van der Waals surface area contributed by atoms with Crippen LogP contribution < -0.4 is 15.4 Å². The molecule has 0 spiro atoms. The van der Waals surface area contributed by atoms with Crippen LogP contribution in [0.3, 0.4) is 0 Å². The summed E-state index contributed by atoms with van der Waals surface area (Å²) < 4.78 is 42.2. The van der Waals surface area contributed by atoms with Crippen LogP contribution in [-0.4, -0.2) is 29.6 Å². The van der Waals surface area contributed by atoms with E-state index < -0.39 is 12.3 Å². The van der Waals surface area contributed by atoms with Gasteiger partial charge in [-0.2, -0.15) is 0 Å². The highest BCUT2D eigenvalue weighted by molar-refractivity contribution is 6.05. The minimum atomic E-state index is -4.82. The molecule has 0 saturated heterocycles. The zero-order valence-corrected chi connectivity index (χ0v) is 22.0. The quantitative estimate of drug-likeness (QED) is 0.359. The van der Waals surface area contributed by atoms with Crippen molar-refractivity contribution in [3.63, 3.8) is 0 Å². The van der Waals surface area contributed by atoms with Crippen LogP contribution in [0.15, 0.2) is 77.3 Å². The van der Waals surface area contributed by atoms with E-state index in [1.807, 2.05) is 44.3 Å². The van der Waals surface area contributed by atoms with Gasteiger partial charge in [0, 0.05) is 58.5 Å². The number of dihydropyridines is 1. The molecular weight excluding hydrogens is 507 g/mol. The van der Waals surface area contributed by atoms with Gasteiger partial charge in [0.1, 0.15) is 5.75 Å². The molecule has 0 radical (unpaired) electrons. The summed E-state index contributed by atoms with van der Waals surface area (Å²) in [6.07, 6.45) is -1.36. The van der Waals surface area contributed by atoms with E-state index in [2.05, 4.69) is 20.4 Å². The van der Waals surface area contributed by atoms with Crippen LogP contribution in [-0.2, 0) is 16.0 Å². The van der Waals surface area contributed by atoms with Gasteiger partial charge in [0.15, 0.2) is 5.78 Å². The molecule has 204 valence electrons. The minimum Gasteiger partial charge on any atom is -0.406 e. The van der Waals surface area contributed by atoms with Crippen molar-refractivity contribution in [1.29, 1.82) is 0 Å². The first kappa shape index (κ1) is 26.6. The number of fused-ring (bicyclic) bond motifs is 1. The van der Waals surface area contributed by atoms with Crippen LogP contribution in [0, 0.1) is 5.41 Å². The molecule has 6 nitrogen and oxygen atoms in total. The van der Waals surface area contributed by atoms with Gasteiger partial charge in [-0.25, -0.2) is 0 Å². The Balaban J connectivity index is 1.44. The van der Waals surface area contributed by atoms with E-state index >= 15 is 0 Å². The average Bonchev–Trinajstić information content (AvgIpc) is 3.25. The number of nitrogens with one attached hydrogen (secondary N) is 3. The molecule has 2 heterocycles. The van der Waals surface area contributed by atoms with Gasteiger partial charge < -0.3 is 20.4 Å². The summed E-state index contributed by atoms with van der Waals surface area (Å²) in [5, 5.41) is 7.39. The molecule has 0 bridgehead atoms. The molecule has 2 aromatic carbocycles. The van der Waals surface area contributed by atoms with Crippen molar-refractivity contribution >= 4 is 22.6 Å². The van der Waals surface area contributed by atoms with E-state index in [1.165, 1.54) is 24.3 Å². The molecule has 3 N–H and O–H groups in total. The number of ether oxygens (including phenoxy) is 1. The van der Waals surface area contributed by atoms with Gasteiger partial charge in [-0.05, 0) is 54.5 Å². The van der Waals surface area contributed by atoms with Gasteiger partial charge in [-0.3, -0.25) is 9.59 Å². The standard InChI is InChI=1S/C30H30F3N3O3/c1-17-25(28(38)34-13-12-19-16-35-22-7-5-4-6-21(19)22)26(18-8-10-20(11-9-18)39-30(31,32)33)27-23(36-17)14-29(2,3)15-24(27)37/h4-11,16,26,35-36H,12-15H2,1-3H3,(H,34,38). The average molecular weight is 538 g/mol. The smallest absolute Gasteiger partial charge is 0.406 e. The van der Waals surface area contributed by atoms with Gasteiger partial charge in [0.2, 0.25) is 5.91 Å². The van der Waals surface area contributed by atoms with Gasteiger partial charge in [-0.15, -0.1) is 13.2 Å². The Morgan fingerprint density at radius 3 is 2.54 bits per heavy atom. The molecule has 3 aromatic rings. The Labute approximate surface area is 224 Å². The predicted octanol–water partition coefficient (Wildman–Crippen LogP) is 6.03. The number of aromatic nitrogens is 1. The molecule has 2 aliphatic rings. The monoisotopic (exact) mass is 537 g/mol. The van der Waals surface area contributed by atoms with Crippen LogP contribution in [0.5, 0.6) is 5.75 Å². The highest BCUT2D eigenvalue weighted by atomic mass is 19.4. The first-order valence-electron chi connectivity index (χ1n) is 12.8. The maximum atomic E-state index is 13.6. The number of aromatic amines is 1. The van der Waals surface area contributed by atoms with Gasteiger partial charge >= 0.3 is 6.36 Å². The van der Waals surface area contributed by atoms with Crippen LogP contribution in [0.1, 0.15) is 50.7 Å². The number of hydrogen-bond acceptors (Lipinski definition) is 4. The summed E-state index contributed by atoms with van der Waals surface area (Å²) in [6.45, 7) is 6.19. The Morgan fingerprint density at radius 1 is 1.10 bits per heavy atom. The lowest BCUT2D eigenvalue weighted by molar-refractivity contribution is -0.274. The van der Waals surface area contributed by atoms with E-state index in [0.717, 1.165) is 22.2 Å². The number of H-pyrrole nitrogens is 1. The number of alkyl halides is 3. The molecule has 5 rings (SSSR count). The summed E-state index contributed by atoms with van der Waals surface area (Å²) in [5.41, 5.74) is 4.63. The van der Waals surface area contributed by atoms with E-state index in [-0.39, 0.29) is 22.9 Å². The number of Topliss-reactive ketones (excluding diaryl/α,β-unsaturated/α-hetero) is 1. The third-order valence-corrected chi connectivity index (χ3v) is 7.29. The van der Waals surface area contributed by atoms with Crippen LogP contribution in [0.2, 0.25) is 0 Å². The zero-order valence-electron chi connectivity index (χ0n) is 22.0. The number of hydrogen-bond donors (Lipinski definition) is 3. The Hall–Kier alpha value is -4.01. The molecular formula is C30H30F3N3O3. The van der Waals surface area contributed by atoms with Gasteiger partial charge in [-0.1, -0.05) is 44.2 Å². The lowest BCUT2D eigenvalue weighted by Gasteiger charge is -2.39. The number of halogens is 3. The normalized spacial score (nSPS) is 19.1. The lowest BCUT2D eigenvalue weighted by Crippen LogP contribution is -2.41. The van der Waals surface area contributed by atoms with E-state index in [0.29, 0.717) is 48.2 Å². The fourth-order valence-electron chi connectivity index (χ4n) is 5.68. The highest BCUT2D eigenvalue weighted by Crippen LogP contribution is 2.46. The number of amides is 1. The van der Waals surface area contributed by atoms with Crippen molar-refractivity contribution in [2.75, 3.05) is 6.54 Å². The molecule has 9 heteroatoms. The number of carbonyl (C=O) groups excluding carboxylic acids is 2. The fourth-order valence-corrected chi connectivity index (χ4v) is 5.68. The number of rotatable bonds is 6. The number of benzene rings is 2. The summed E-state index contributed by atoms with van der Waals surface area (Å²) in [4.78, 5) is 30.3. The van der Waals surface area contributed by atoms with Crippen molar-refractivity contribution in [3.8, 4) is 5.75 Å². The minimum absolute atomic E-state index is 0.0778. The van der Waals surface area contributed by atoms with Gasteiger partial charge in [0.25, 0.3) is 0 Å². The second kappa shape index (κ2) is 9.94. The van der Waals surface area contributed by atoms with Crippen LogP contribution in [0.4, 0.5) is 13.2 Å². The lowest BCUT2D eigenvalue weighted by atomic mass is 9.68. The topological polar surface area (TPSA) is 83.2 Å². The second-order valence-electron chi connectivity index (χ2n) is 10.9. The maximum absolute atomic E-state index is 13.6. The molecule has 0 fully saturated rings. The third kappa shape index (κ3) is 5.57. The van der Waals surface area contributed by atoms with E-state index in [9.17, 15) is 22.8 Å². The zero-order chi connectivity index (χ0) is 27.9. The second-order valence-corrected chi connectivity index (χ2v) is 10.9. The number of ketones is 1. The molecule has 0 saturated carbocycles. The third-order valence-electron chi connectivity index (χ3n) is 7.29. The number of para-hydroxylation sites is 1. The Kier molecular flexibility index (Phi) is 6.78. The molecule has 1 amide bonds. The van der Waals surface area contributed by atoms with E-state index in [1.54, 1.807) is 6.92 Å². The van der Waals surface area contributed by atoms with Crippen LogP contribution in [0.25, 0.3) is 10.9 Å². The summed E-state index contributed by atoms with van der Waals surface area (Å²) in [6, 6.07) is 13.3. The van der Waals surface area contributed by atoms with Crippen molar-refractivity contribution in [3.05, 3.63) is 88.4 Å². The van der Waals surface area contributed by atoms with Crippen molar-refractivity contribution in [1.82, 2.24) is 15.6 Å². The predicted molar refractivity (Wildman–Crippen MR) is 142 cm³/mol. The van der Waals surface area contributed by atoms with Crippen LogP contribution >= 0.6 is 0 Å². The first-order chi connectivity index (χ1) is 18.4. The molecule has 39 heavy (non-hydrogen) atoms.